The molecule has 2 unspecified atom stereocenters. The van der Waals surface area contributed by atoms with Crippen molar-refractivity contribution in [3.63, 3.8) is 0 Å². The molecule has 1 aromatic rings. The lowest BCUT2D eigenvalue weighted by molar-refractivity contribution is 0.0532. The van der Waals surface area contributed by atoms with Crippen LogP contribution in [0.25, 0.3) is 0 Å². The van der Waals surface area contributed by atoms with Crippen molar-refractivity contribution >= 4 is 0 Å². The number of hydrogen-bond donors (Lipinski definition) is 1. The van der Waals surface area contributed by atoms with Crippen molar-refractivity contribution in [3.8, 4) is 5.75 Å². The van der Waals surface area contributed by atoms with Crippen LogP contribution in [-0.2, 0) is 4.74 Å². The smallest absolute Gasteiger partial charge is 0.143 e. The van der Waals surface area contributed by atoms with Crippen molar-refractivity contribution in [2.75, 3.05) is 14.2 Å². The molecule has 0 saturated carbocycles. The Morgan fingerprint density at radius 2 is 2.20 bits per heavy atom. The van der Waals surface area contributed by atoms with Gasteiger partial charge in [0, 0.05) is 19.7 Å². The van der Waals surface area contributed by atoms with E-state index in [0.717, 1.165) is 0 Å². The standard InChI is InChI=1S/C11H17NO3/c1-8(14-2)7-9(13)11-10(15-3)5-4-6-12-11/h4-6,8-9,13H,7H2,1-3H3. The maximum Gasteiger partial charge on any atom is 0.143 e. The third kappa shape index (κ3) is 3.18. The molecule has 0 aliphatic carbocycles. The zero-order valence-electron chi connectivity index (χ0n) is 9.30. The van der Waals surface area contributed by atoms with Crippen molar-refractivity contribution < 1.29 is 14.6 Å². The van der Waals surface area contributed by atoms with Gasteiger partial charge in [-0.05, 0) is 19.1 Å². The lowest BCUT2D eigenvalue weighted by atomic mass is 10.1. The molecule has 4 nitrogen and oxygen atoms in total. The summed E-state index contributed by atoms with van der Waals surface area (Å²) in [4.78, 5) is 4.11. The van der Waals surface area contributed by atoms with Crippen molar-refractivity contribution in [1.29, 1.82) is 0 Å². The third-order valence-electron chi connectivity index (χ3n) is 2.29. The maximum atomic E-state index is 9.91. The second-order valence-corrected chi connectivity index (χ2v) is 3.39. The first kappa shape index (κ1) is 11.9. The number of aliphatic hydroxyl groups is 1. The molecule has 0 aromatic carbocycles. The topological polar surface area (TPSA) is 51.6 Å². The Morgan fingerprint density at radius 3 is 2.80 bits per heavy atom. The van der Waals surface area contributed by atoms with Crippen molar-refractivity contribution in [2.24, 2.45) is 0 Å². The van der Waals surface area contributed by atoms with Crippen LogP contribution >= 0.6 is 0 Å². The average molecular weight is 211 g/mol. The largest absolute Gasteiger partial charge is 0.495 e. The summed E-state index contributed by atoms with van der Waals surface area (Å²) in [6, 6.07) is 3.55. The fourth-order valence-electron chi connectivity index (χ4n) is 1.35. The molecule has 1 rings (SSSR count). The summed E-state index contributed by atoms with van der Waals surface area (Å²) in [5.41, 5.74) is 0.559. The van der Waals surface area contributed by atoms with Crippen molar-refractivity contribution in [2.45, 2.75) is 25.6 Å². The molecule has 0 aliphatic rings. The first-order valence-electron chi connectivity index (χ1n) is 4.88. The normalized spacial score (nSPS) is 14.7. The SMILES string of the molecule is COc1cccnc1C(O)CC(C)OC. The fourth-order valence-corrected chi connectivity index (χ4v) is 1.35. The first-order chi connectivity index (χ1) is 7.19. The van der Waals surface area contributed by atoms with E-state index in [1.165, 1.54) is 0 Å². The van der Waals surface area contributed by atoms with Crippen LogP contribution in [0, 0.1) is 0 Å². The lowest BCUT2D eigenvalue weighted by Crippen LogP contribution is -2.12. The van der Waals surface area contributed by atoms with Crippen LogP contribution < -0.4 is 4.74 Å². The second kappa shape index (κ2) is 5.68. The maximum absolute atomic E-state index is 9.91. The van der Waals surface area contributed by atoms with Gasteiger partial charge in [0.25, 0.3) is 0 Å². The fraction of sp³-hybridized carbons (Fsp3) is 0.545. The van der Waals surface area contributed by atoms with E-state index in [2.05, 4.69) is 4.98 Å². The summed E-state index contributed by atoms with van der Waals surface area (Å²) >= 11 is 0. The molecule has 0 saturated heterocycles. The number of nitrogens with zero attached hydrogens (tertiary/aromatic N) is 1. The highest BCUT2D eigenvalue weighted by Crippen LogP contribution is 2.25. The summed E-state index contributed by atoms with van der Waals surface area (Å²) in [5.74, 6) is 0.605. The molecular weight excluding hydrogens is 194 g/mol. The predicted octanol–water partition coefficient (Wildman–Crippen LogP) is 1.55. The van der Waals surface area contributed by atoms with E-state index in [1.807, 2.05) is 6.92 Å². The molecule has 0 fully saturated rings. The molecule has 1 aromatic heterocycles. The number of methoxy groups -OCH3 is 2. The number of pyridine rings is 1. The highest BCUT2D eigenvalue weighted by atomic mass is 16.5. The third-order valence-corrected chi connectivity index (χ3v) is 2.29. The molecule has 84 valence electrons. The molecule has 2 atom stereocenters. The van der Waals surface area contributed by atoms with Gasteiger partial charge < -0.3 is 14.6 Å². The van der Waals surface area contributed by atoms with Gasteiger partial charge in [0.05, 0.1) is 13.2 Å². The van der Waals surface area contributed by atoms with Crippen LogP contribution in [0.3, 0.4) is 0 Å². The van der Waals surface area contributed by atoms with Gasteiger partial charge in [0.15, 0.2) is 0 Å². The molecule has 0 amide bonds. The molecule has 15 heavy (non-hydrogen) atoms. The van der Waals surface area contributed by atoms with Crippen LogP contribution in [0.4, 0.5) is 0 Å². The van der Waals surface area contributed by atoms with Gasteiger partial charge in [-0.2, -0.15) is 0 Å². The van der Waals surface area contributed by atoms with Gasteiger partial charge >= 0.3 is 0 Å². The molecular formula is C11H17NO3. The summed E-state index contributed by atoms with van der Waals surface area (Å²) in [6.07, 6.45) is 1.48. The van der Waals surface area contributed by atoms with Crippen molar-refractivity contribution in [3.05, 3.63) is 24.0 Å². The van der Waals surface area contributed by atoms with Crippen LogP contribution in [-0.4, -0.2) is 30.4 Å². The Balaban J connectivity index is 2.76. The second-order valence-electron chi connectivity index (χ2n) is 3.39. The van der Waals surface area contributed by atoms with E-state index in [1.54, 1.807) is 32.5 Å². The van der Waals surface area contributed by atoms with Crippen LogP contribution in [0.15, 0.2) is 18.3 Å². The number of aliphatic hydroxyl groups excluding tert-OH is 1. The molecule has 0 radical (unpaired) electrons. The Morgan fingerprint density at radius 1 is 1.47 bits per heavy atom. The van der Waals surface area contributed by atoms with E-state index in [0.29, 0.717) is 17.9 Å². The van der Waals surface area contributed by atoms with Crippen LogP contribution in [0.1, 0.15) is 25.1 Å². The van der Waals surface area contributed by atoms with Crippen molar-refractivity contribution in [1.82, 2.24) is 4.98 Å². The Hall–Kier alpha value is -1.13. The number of hydrogen-bond acceptors (Lipinski definition) is 4. The van der Waals surface area contributed by atoms with Gasteiger partial charge in [-0.15, -0.1) is 0 Å². The minimum atomic E-state index is -0.656. The summed E-state index contributed by atoms with van der Waals surface area (Å²) in [5, 5.41) is 9.91. The first-order valence-corrected chi connectivity index (χ1v) is 4.88. The summed E-state index contributed by atoms with van der Waals surface area (Å²) < 4.78 is 10.2. The van der Waals surface area contributed by atoms with Gasteiger partial charge in [-0.3, -0.25) is 4.98 Å². The Kier molecular flexibility index (Phi) is 4.52. The molecule has 0 spiro atoms. The van der Waals surface area contributed by atoms with E-state index in [-0.39, 0.29) is 6.10 Å². The quantitative estimate of drug-likeness (QED) is 0.802. The molecule has 0 aliphatic heterocycles. The van der Waals surface area contributed by atoms with E-state index < -0.39 is 6.10 Å². The van der Waals surface area contributed by atoms with Gasteiger partial charge in [0.2, 0.25) is 0 Å². The minimum absolute atomic E-state index is 0.00767. The molecule has 1 N–H and O–H groups in total. The summed E-state index contributed by atoms with van der Waals surface area (Å²) in [6.45, 7) is 1.90. The minimum Gasteiger partial charge on any atom is -0.495 e. The van der Waals surface area contributed by atoms with E-state index >= 15 is 0 Å². The van der Waals surface area contributed by atoms with Gasteiger partial charge in [0.1, 0.15) is 17.5 Å². The molecule has 0 bridgehead atoms. The zero-order chi connectivity index (χ0) is 11.3. The molecule has 1 heterocycles. The monoisotopic (exact) mass is 211 g/mol. The Labute approximate surface area is 89.9 Å². The van der Waals surface area contributed by atoms with Crippen LogP contribution in [0.2, 0.25) is 0 Å². The van der Waals surface area contributed by atoms with Gasteiger partial charge in [-0.1, -0.05) is 0 Å². The molecule has 4 heteroatoms. The number of ether oxygens (including phenoxy) is 2. The van der Waals surface area contributed by atoms with Gasteiger partial charge in [-0.25, -0.2) is 0 Å². The Bertz CT molecular complexity index is 304. The summed E-state index contributed by atoms with van der Waals surface area (Å²) in [7, 11) is 3.18. The number of aromatic nitrogens is 1. The highest BCUT2D eigenvalue weighted by molar-refractivity contribution is 5.28. The lowest BCUT2D eigenvalue weighted by Gasteiger charge is -2.16. The average Bonchev–Trinajstić information content (AvgIpc) is 2.28. The predicted molar refractivity (Wildman–Crippen MR) is 56.8 cm³/mol. The van der Waals surface area contributed by atoms with E-state index in [9.17, 15) is 5.11 Å². The number of rotatable bonds is 5. The highest BCUT2D eigenvalue weighted by Gasteiger charge is 2.17. The zero-order valence-corrected chi connectivity index (χ0v) is 9.30. The van der Waals surface area contributed by atoms with E-state index in [4.69, 9.17) is 9.47 Å². The van der Waals surface area contributed by atoms with Crippen LogP contribution in [0.5, 0.6) is 5.75 Å².